The molecule has 1 radical (unpaired) electrons. The first-order valence-corrected chi connectivity index (χ1v) is 13.8. The third-order valence-electron chi connectivity index (χ3n) is 7.31. The Morgan fingerprint density at radius 3 is 1.18 bits per heavy atom. The lowest BCUT2D eigenvalue weighted by Gasteiger charge is -2.18. The van der Waals surface area contributed by atoms with Crippen molar-refractivity contribution in [3.8, 4) is 11.1 Å². The number of hydrogen-bond acceptors (Lipinski definition) is 0. The van der Waals surface area contributed by atoms with Crippen LogP contribution in [0.15, 0.2) is 170 Å². The highest BCUT2D eigenvalue weighted by Gasteiger charge is 2.15. The van der Waals surface area contributed by atoms with Crippen LogP contribution in [-0.2, 0) is 0 Å². The molecule has 0 saturated heterocycles. The van der Waals surface area contributed by atoms with Crippen LogP contribution in [0.3, 0.4) is 0 Å². The fourth-order valence-electron chi connectivity index (χ4n) is 5.19. The lowest BCUT2D eigenvalue weighted by atomic mass is 9.86. The molecule has 0 heteroatoms. The van der Waals surface area contributed by atoms with Crippen molar-refractivity contribution in [1.82, 2.24) is 0 Å². The molecule has 0 aliphatic carbocycles. The zero-order chi connectivity index (χ0) is 27.0. The van der Waals surface area contributed by atoms with E-state index in [1.165, 1.54) is 50.1 Å². The van der Waals surface area contributed by atoms with Crippen LogP contribution < -0.4 is 0 Å². The van der Waals surface area contributed by atoms with Crippen LogP contribution in [0.4, 0.5) is 0 Å². The van der Waals surface area contributed by atoms with E-state index in [1.807, 2.05) is 0 Å². The highest BCUT2D eigenvalue weighted by Crippen LogP contribution is 2.32. The van der Waals surface area contributed by atoms with E-state index in [4.69, 9.17) is 0 Å². The van der Waals surface area contributed by atoms with E-state index in [2.05, 4.69) is 182 Å². The fourth-order valence-corrected chi connectivity index (χ4v) is 5.19. The Kier molecular flexibility index (Phi) is 7.78. The molecule has 0 saturated carbocycles. The molecular weight excluding hydrogens is 480 g/mol. The van der Waals surface area contributed by atoms with Crippen LogP contribution >= 0.6 is 0 Å². The summed E-state index contributed by atoms with van der Waals surface area (Å²) in [6, 6.07) is 60.4. The molecule has 191 valence electrons. The van der Waals surface area contributed by atoms with Gasteiger partial charge in [0.2, 0.25) is 0 Å². The Labute approximate surface area is 237 Å². The van der Waals surface area contributed by atoms with E-state index in [0.717, 1.165) is 0 Å². The molecule has 0 N–H and O–H groups in total. The van der Waals surface area contributed by atoms with Gasteiger partial charge in [0.05, 0.1) is 0 Å². The van der Waals surface area contributed by atoms with Crippen LogP contribution in [0.1, 0.15) is 39.3 Å². The lowest BCUT2D eigenvalue weighted by Crippen LogP contribution is -2.03. The summed E-state index contributed by atoms with van der Waals surface area (Å²) in [6.07, 6.45) is 4.64. The monoisotopic (exact) mass is 511 g/mol. The Morgan fingerprint density at radius 2 is 0.750 bits per heavy atom. The van der Waals surface area contributed by atoms with E-state index >= 15 is 0 Å². The molecule has 0 atom stereocenters. The van der Waals surface area contributed by atoms with Crippen LogP contribution in [-0.4, -0.2) is 0 Å². The summed E-state index contributed by atoms with van der Waals surface area (Å²) in [5, 5.41) is 0. The zero-order valence-electron chi connectivity index (χ0n) is 22.4. The van der Waals surface area contributed by atoms with E-state index in [9.17, 15) is 0 Å². The summed E-state index contributed by atoms with van der Waals surface area (Å²) >= 11 is 0. The van der Waals surface area contributed by atoms with Gasteiger partial charge in [0.25, 0.3) is 0 Å². The van der Waals surface area contributed by atoms with Crippen molar-refractivity contribution < 1.29 is 0 Å². The molecular formula is C40H31. The molecule has 6 aromatic rings. The topological polar surface area (TPSA) is 0 Å². The van der Waals surface area contributed by atoms with Crippen molar-refractivity contribution in [2.45, 2.75) is 5.92 Å². The van der Waals surface area contributed by atoms with Crippen LogP contribution in [0, 0.1) is 6.42 Å². The van der Waals surface area contributed by atoms with Gasteiger partial charge in [-0.1, -0.05) is 170 Å². The first-order chi connectivity index (χ1) is 19.8. The Balaban J connectivity index is 1.23. The molecule has 0 spiro atoms. The standard InChI is InChI=1S/C40H31/c1-5-13-35(14-6-1)39(36-15-7-2-8-16-36)29-31-21-25-33(26-22-31)34-27-23-32(24-28-34)30-40(37-17-9-3-10-18-37)38-19-11-4-12-20-38/h1-30,39H. The van der Waals surface area contributed by atoms with Gasteiger partial charge in [-0.15, -0.1) is 0 Å². The second-order valence-electron chi connectivity index (χ2n) is 10.00. The molecule has 0 heterocycles. The van der Waals surface area contributed by atoms with E-state index < -0.39 is 0 Å². The minimum absolute atomic E-state index is 0.211. The van der Waals surface area contributed by atoms with Gasteiger partial charge in [-0.2, -0.15) is 0 Å². The molecule has 0 aliphatic heterocycles. The quantitative estimate of drug-likeness (QED) is 0.178. The van der Waals surface area contributed by atoms with Crippen molar-refractivity contribution in [2.24, 2.45) is 0 Å². The fraction of sp³-hybridized carbons (Fsp3) is 0.0250. The molecule has 6 rings (SSSR count). The van der Waals surface area contributed by atoms with Gasteiger partial charge in [0.1, 0.15) is 0 Å². The predicted octanol–water partition coefficient (Wildman–Crippen LogP) is 10.3. The predicted molar refractivity (Wildman–Crippen MR) is 170 cm³/mol. The number of hydrogen-bond donors (Lipinski definition) is 0. The van der Waals surface area contributed by atoms with E-state index in [-0.39, 0.29) is 5.92 Å². The van der Waals surface area contributed by atoms with Gasteiger partial charge < -0.3 is 0 Å². The molecule has 40 heavy (non-hydrogen) atoms. The molecule has 0 nitrogen and oxygen atoms in total. The number of rotatable bonds is 8. The molecule has 0 bridgehead atoms. The van der Waals surface area contributed by atoms with Gasteiger partial charge in [-0.3, -0.25) is 0 Å². The maximum absolute atomic E-state index is 2.36. The van der Waals surface area contributed by atoms with Crippen molar-refractivity contribution in [1.29, 1.82) is 0 Å². The zero-order valence-corrected chi connectivity index (χ0v) is 22.4. The van der Waals surface area contributed by atoms with Crippen molar-refractivity contribution in [3.63, 3.8) is 0 Å². The largest absolute Gasteiger partial charge is 0.0622 e. The minimum Gasteiger partial charge on any atom is -0.0622 e. The van der Waals surface area contributed by atoms with Gasteiger partial charge in [0.15, 0.2) is 0 Å². The van der Waals surface area contributed by atoms with E-state index in [0.29, 0.717) is 0 Å². The Morgan fingerprint density at radius 1 is 0.375 bits per heavy atom. The molecule has 6 aromatic carbocycles. The first kappa shape index (κ1) is 25.3. The van der Waals surface area contributed by atoms with Crippen molar-refractivity contribution in [3.05, 3.63) is 210 Å². The van der Waals surface area contributed by atoms with Crippen LogP contribution in [0.2, 0.25) is 0 Å². The lowest BCUT2D eigenvalue weighted by molar-refractivity contribution is 0.959. The summed E-state index contributed by atoms with van der Waals surface area (Å²) in [5.74, 6) is 0.211. The third-order valence-corrected chi connectivity index (χ3v) is 7.31. The van der Waals surface area contributed by atoms with Crippen molar-refractivity contribution >= 4 is 11.6 Å². The molecule has 0 amide bonds. The minimum atomic E-state index is 0.211. The molecule has 0 aromatic heterocycles. The Bertz CT molecular complexity index is 1570. The Hall–Kier alpha value is -4.94. The molecule has 0 fully saturated rings. The SMILES string of the molecule is [CH](c1ccc(-c2ccc(C=C(c3ccccc3)c3ccccc3)cc2)cc1)C(c1ccccc1)c1ccccc1. The summed E-state index contributed by atoms with van der Waals surface area (Å²) in [6.45, 7) is 0. The van der Waals surface area contributed by atoms with E-state index in [1.54, 1.807) is 0 Å². The molecule has 0 aliphatic rings. The highest BCUT2D eigenvalue weighted by atomic mass is 14.2. The second-order valence-corrected chi connectivity index (χ2v) is 10.00. The second kappa shape index (κ2) is 12.3. The van der Waals surface area contributed by atoms with Gasteiger partial charge >= 0.3 is 0 Å². The van der Waals surface area contributed by atoms with Crippen molar-refractivity contribution in [2.75, 3.05) is 0 Å². The van der Waals surface area contributed by atoms with Gasteiger partial charge in [-0.25, -0.2) is 0 Å². The average molecular weight is 512 g/mol. The summed E-state index contributed by atoms with van der Waals surface area (Å²) in [5.41, 5.74) is 11.1. The maximum Gasteiger partial charge on any atom is 0.0164 e. The summed E-state index contributed by atoms with van der Waals surface area (Å²) in [4.78, 5) is 0. The van der Waals surface area contributed by atoms with Gasteiger partial charge in [-0.05, 0) is 56.2 Å². The van der Waals surface area contributed by atoms with Crippen LogP contribution in [0.5, 0.6) is 0 Å². The number of benzene rings is 6. The maximum atomic E-state index is 2.36. The van der Waals surface area contributed by atoms with Gasteiger partial charge in [0, 0.05) is 12.3 Å². The highest BCUT2D eigenvalue weighted by molar-refractivity contribution is 5.91. The normalized spacial score (nSPS) is 10.8. The van der Waals surface area contributed by atoms with Crippen LogP contribution in [0.25, 0.3) is 22.8 Å². The summed E-state index contributed by atoms with van der Waals surface area (Å²) < 4.78 is 0. The third kappa shape index (κ3) is 6.03. The first-order valence-electron chi connectivity index (χ1n) is 13.8. The smallest absolute Gasteiger partial charge is 0.0164 e. The molecule has 0 unspecified atom stereocenters. The summed E-state index contributed by atoms with van der Waals surface area (Å²) in [7, 11) is 0. The average Bonchev–Trinajstić information content (AvgIpc) is 3.05.